The van der Waals surface area contributed by atoms with Crippen molar-refractivity contribution in [2.75, 3.05) is 19.7 Å². The topological polar surface area (TPSA) is 55.8 Å². The van der Waals surface area contributed by atoms with Gasteiger partial charge in [0, 0.05) is 13.0 Å². The molecule has 5 heteroatoms. The fourth-order valence-corrected chi connectivity index (χ4v) is 4.34. The van der Waals surface area contributed by atoms with Crippen molar-refractivity contribution in [3.05, 3.63) is 84.4 Å². The third-order valence-corrected chi connectivity index (χ3v) is 5.99. The average molecular weight is 413 g/mol. The Morgan fingerprint density at radius 2 is 1.65 bits per heavy atom. The summed E-state index contributed by atoms with van der Waals surface area (Å²) in [5.74, 6) is 1.24. The minimum absolute atomic E-state index is 0.0364. The summed E-state index contributed by atoms with van der Waals surface area (Å²) in [6, 6.07) is 25.1. The minimum atomic E-state index is -0.627. The molecule has 5 rings (SSSR count). The van der Waals surface area contributed by atoms with Gasteiger partial charge in [0.25, 0.3) is 5.91 Å². The molecule has 0 aromatic heterocycles. The van der Waals surface area contributed by atoms with Gasteiger partial charge in [0.2, 0.25) is 0 Å². The molecular weight excluding hydrogens is 390 g/mol. The summed E-state index contributed by atoms with van der Waals surface area (Å²) in [7, 11) is 0. The first kappa shape index (κ1) is 19.4. The summed E-state index contributed by atoms with van der Waals surface area (Å²) in [4.78, 5) is 27.0. The van der Waals surface area contributed by atoms with Gasteiger partial charge in [-0.1, -0.05) is 54.6 Å². The van der Waals surface area contributed by atoms with Crippen molar-refractivity contribution in [3.8, 4) is 22.6 Å². The Bertz CT molecular complexity index is 1110. The van der Waals surface area contributed by atoms with Crippen LogP contribution in [0.5, 0.6) is 11.5 Å². The van der Waals surface area contributed by atoms with Crippen molar-refractivity contribution in [1.82, 2.24) is 4.90 Å². The number of nitrogens with zero attached hydrogens (tertiary/aromatic N) is 1. The fraction of sp³-hybridized carbons (Fsp3) is 0.231. The second kappa shape index (κ2) is 7.91. The largest absolute Gasteiger partial charge is 0.484 e. The molecule has 0 saturated carbocycles. The van der Waals surface area contributed by atoms with Gasteiger partial charge in [0.1, 0.15) is 17.1 Å². The first-order valence-corrected chi connectivity index (χ1v) is 10.5. The van der Waals surface area contributed by atoms with E-state index in [1.165, 1.54) is 0 Å². The zero-order chi connectivity index (χ0) is 21.3. The standard InChI is InChI=1S/C26H23NO4/c28-23-16-26(31-24-9-5-4-8-22(23)24)14-15-27(18-26)25(29)17-30-21-12-10-20(11-13-21)19-6-2-1-3-7-19/h1-13H,14-18H2. The van der Waals surface area contributed by atoms with Gasteiger partial charge < -0.3 is 14.4 Å². The predicted octanol–water partition coefficient (Wildman–Crippen LogP) is 4.37. The SMILES string of the molecule is O=C1CC2(CCN(C(=O)COc3ccc(-c4ccccc4)cc3)C2)Oc2ccccc21. The summed E-state index contributed by atoms with van der Waals surface area (Å²) >= 11 is 0. The molecule has 0 bridgehead atoms. The molecule has 2 heterocycles. The van der Waals surface area contributed by atoms with Crippen LogP contribution in [0.1, 0.15) is 23.2 Å². The van der Waals surface area contributed by atoms with Crippen molar-refractivity contribution in [2.45, 2.75) is 18.4 Å². The highest BCUT2D eigenvalue weighted by molar-refractivity contribution is 6.00. The number of hydrogen-bond acceptors (Lipinski definition) is 4. The Morgan fingerprint density at radius 3 is 2.45 bits per heavy atom. The highest BCUT2D eigenvalue weighted by Crippen LogP contribution is 2.38. The zero-order valence-corrected chi connectivity index (χ0v) is 17.1. The van der Waals surface area contributed by atoms with Crippen LogP contribution < -0.4 is 9.47 Å². The molecule has 1 spiro atoms. The molecule has 3 aromatic carbocycles. The van der Waals surface area contributed by atoms with Crippen LogP contribution in [0.15, 0.2) is 78.9 Å². The smallest absolute Gasteiger partial charge is 0.260 e. The van der Waals surface area contributed by atoms with Gasteiger partial charge in [-0.3, -0.25) is 9.59 Å². The van der Waals surface area contributed by atoms with Crippen LogP contribution in [-0.2, 0) is 4.79 Å². The second-order valence-electron chi connectivity index (χ2n) is 8.13. The van der Waals surface area contributed by atoms with Crippen LogP contribution in [0, 0.1) is 0 Å². The maximum atomic E-state index is 12.7. The van der Waals surface area contributed by atoms with Crippen molar-refractivity contribution < 1.29 is 19.1 Å². The molecule has 1 unspecified atom stereocenters. The van der Waals surface area contributed by atoms with E-state index in [2.05, 4.69) is 12.1 Å². The number of rotatable bonds is 4. The van der Waals surface area contributed by atoms with Gasteiger partial charge in [-0.15, -0.1) is 0 Å². The van der Waals surface area contributed by atoms with E-state index in [1.54, 1.807) is 11.0 Å². The van der Waals surface area contributed by atoms with Gasteiger partial charge in [-0.2, -0.15) is 0 Å². The summed E-state index contributed by atoms with van der Waals surface area (Å²) in [5, 5.41) is 0. The second-order valence-corrected chi connectivity index (χ2v) is 8.13. The summed E-state index contributed by atoms with van der Waals surface area (Å²) in [6.07, 6.45) is 0.945. The number of Topliss-reactive ketones (excluding diaryl/α,β-unsaturated/α-hetero) is 1. The maximum absolute atomic E-state index is 12.7. The molecule has 0 aliphatic carbocycles. The number of carbonyl (C=O) groups is 2. The van der Waals surface area contributed by atoms with Crippen LogP contribution in [0.3, 0.4) is 0 Å². The lowest BCUT2D eigenvalue weighted by Gasteiger charge is -2.34. The molecule has 0 radical (unpaired) electrons. The lowest BCUT2D eigenvalue weighted by atomic mass is 9.89. The number of benzene rings is 3. The molecule has 0 N–H and O–H groups in total. The lowest BCUT2D eigenvalue weighted by Crippen LogP contribution is -2.45. The van der Waals surface area contributed by atoms with E-state index in [-0.39, 0.29) is 18.3 Å². The minimum Gasteiger partial charge on any atom is -0.484 e. The Kier molecular flexibility index (Phi) is 4.94. The molecular formula is C26H23NO4. The molecule has 5 nitrogen and oxygen atoms in total. The van der Waals surface area contributed by atoms with E-state index in [0.29, 0.717) is 43.0 Å². The van der Waals surface area contributed by atoms with E-state index >= 15 is 0 Å². The van der Waals surface area contributed by atoms with Gasteiger partial charge in [-0.05, 0) is 35.4 Å². The Balaban J connectivity index is 1.19. The van der Waals surface area contributed by atoms with Crippen molar-refractivity contribution in [3.63, 3.8) is 0 Å². The molecule has 156 valence electrons. The Hall–Kier alpha value is -3.60. The fourth-order valence-electron chi connectivity index (χ4n) is 4.34. The Morgan fingerprint density at radius 1 is 0.935 bits per heavy atom. The average Bonchev–Trinajstić information content (AvgIpc) is 3.21. The molecule has 1 fully saturated rings. The molecule has 1 atom stereocenters. The molecule has 3 aromatic rings. The van der Waals surface area contributed by atoms with Crippen molar-refractivity contribution >= 4 is 11.7 Å². The number of carbonyl (C=O) groups excluding carboxylic acids is 2. The van der Waals surface area contributed by atoms with Crippen LogP contribution in [0.4, 0.5) is 0 Å². The predicted molar refractivity (Wildman–Crippen MR) is 117 cm³/mol. The van der Waals surface area contributed by atoms with E-state index in [4.69, 9.17) is 9.47 Å². The zero-order valence-electron chi connectivity index (χ0n) is 17.1. The monoisotopic (exact) mass is 413 g/mol. The molecule has 2 aliphatic heterocycles. The molecule has 2 aliphatic rings. The lowest BCUT2D eigenvalue weighted by molar-refractivity contribution is -0.133. The van der Waals surface area contributed by atoms with Crippen molar-refractivity contribution in [1.29, 1.82) is 0 Å². The first-order valence-electron chi connectivity index (χ1n) is 10.5. The van der Waals surface area contributed by atoms with Crippen molar-refractivity contribution in [2.24, 2.45) is 0 Å². The van der Waals surface area contributed by atoms with E-state index in [0.717, 1.165) is 11.1 Å². The van der Waals surface area contributed by atoms with Gasteiger partial charge in [0.05, 0.1) is 18.5 Å². The van der Waals surface area contributed by atoms with Crippen LogP contribution >= 0.6 is 0 Å². The quantitative estimate of drug-likeness (QED) is 0.637. The maximum Gasteiger partial charge on any atom is 0.260 e. The molecule has 1 amide bonds. The highest BCUT2D eigenvalue weighted by Gasteiger charge is 2.46. The number of likely N-dealkylation sites (tertiary alicyclic amines) is 1. The number of amides is 1. The summed E-state index contributed by atoms with van der Waals surface area (Å²) < 4.78 is 11.9. The normalized spacial score (nSPS) is 19.7. The Labute approximate surface area is 181 Å². The first-order chi connectivity index (χ1) is 15.1. The highest BCUT2D eigenvalue weighted by atomic mass is 16.5. The number of ketones is 1. The van der Waals surface area contributed by atoms with E-state index < -0.39 is 5.60 Å². The van der Waals surface area contributed by atoms with E-state index in [9.17, 15) is 9.59 Å². The van der Waals surface area contributed by atoms with Gasteiger partial charge in [0.15, 0.2) is 12.4 Å². The summed E-state index contributed by atoms with van der Waals surface area (Å²) in [5.41, 5.74) is 2.23. The third kappa shape index (κ3) is 3.91. The molecule has 1 saturated heterocycles. The summed E-state index contributed by atoms with van der Waals surface area (Å²) in [6.45, 7) is 0.929. The van der Waals surface area contributed by atoms with Gasteiger partial charge in [-0.25, -0.2) is 0 Å². The van der Waals surface area contributed by atoms with Gasteiger partial charge >= 0.3 is 0 Å². The van der Waals surface area contributed by atoms with Crippen LogP contribution in [0.25, 0.3) is 11.1 Å². The molecule has 31 heavy (non-hydrogen) atoms. The number of hydrogen-bond donors (Lipinski definition) is 0. The third-order valence-electron chi connectivity index (χ3n) is 5.99. The van der Waals surface area contributed by atoms with Crippen LogP contribution in [0.2, 0.25) is 0 Å². The number of para-hydroxylation sites is 1. The van der Waals surface area contributed by atoms with E-state index in [1.807, 2.05) is 60.7 Å². The number of fused-ring (bicyclic) bond motifs is 1. The number of ether oxygens (including phenoxy) is 2. The van der Waals surface area contributed by atoms with Crippen LogP contribution in [-0.4, -0.2) is 41.9 Å².